The molecule has 0 aromatic heterocycles. The number of ether oxygens (including phenoxy) is 4. The highest BCUT2D eigenvalue weighted by Crippen LogP contribution is 2.29. The SMILES string of the molecule is COc1ccc(C(=O)N2CCN(C(=O)/C=C/c3ccc(OCC(N)=O)c(OC)c3)CC2)cc1OC. The minimum absolute atomic E-state index is 0.126. The highest BCUT2D eigenvalue weighted by molar-refractivity contribution is 5.95. The lowest BCUT2D eigenvalue weighted by Crippen LogP contribution is -2.50. The van der Waals surface area contributed by atoms with Crippen molar-refractivity contribution in [1.82, 2.24) is 9.80 Å². The number of primary amides is 1. The van der Waals surface area contributed by atoms with E-state index in [0.717, 1.165) is 5.56 Å². The average Bonchev–Trinajstić information content (AvgIpc) is 2.89. The van der Waals surface area contributed by atoms with Crippen molar-refractivity contribution in [1.29, 1.82) is 0 Å². The maximum atomic E-state index is 12.9. The molecule has 1 saturated heterocycles. The van der Waals surface area contributed by atoms with E-state index in [4.69, 9.17) is 24.7 Å². The van der Waals surface area contributed by atoms with Crippen LogP contribution in [0.5, 0.6) is 23.0 Å². The van der Waals surface area contributed by atoms with Crippen LogP contribution in [-0.4, -0.2) is 81.6 Å². The Balaban J connectivity index is 1.57. The Morgan fingerprint density at radius 2 is 1.43 bits per heavy atom. The molecule has 35 heavy (non-hydrogen) atoms. The van der Waals surface area contributed by atoms with Gasteiger partial charge in [-0.3, -0.25) is 14.4 Å². The lowest BCUT2D eigenvalue weighted by Gasteiger charge is -2.34. The smallest absolute Gasteiger partial charge is 0.255 e. The molecule has 3 rings (SSSR count). The van der Waals surface area contributed by atoms with Crippen LogP contribution in [-0.2, 0) is 9.59 Å². The first-order valence-corrected chi connectivity index (χ1v) is 10.9. The van der Waals surface area contributed by atoms with E-state index in [-0.39, 0.29) is 18.4 Å². The predicted molar refractivity (Wildman–Crippen MR) is 129 cm³/mol. The van der Waals surface area contributed by atoms with Crippen molar-refractivity contribution in [3.05, 3.63) is 53.6 Å². The Hall–Kier alpha value is -4.21. The summed E-state index contributed by atoms with van der Waals surface area (Å²) < 4.78 is 21.1. The lowest BCUT2D eigenvalue weighted by molar-refractivity contribution is -0.127. The molecular formula is C25H29N3O7. The third-order valence-corrected chi connectivity index (χ3v) is 5.49. The fourth-order valence-electron chi connectivity index (χ4n) is 3.61. The number of carbonyl (C=O) groups is 3. The summed E-state index contributed by atoms with van der Waals surface area (Å²) in [5.74, 6) is 0.967. The standard InChI is InChI=1S/C25H29N3O7/c1-32-19-8-6-18(15-22(19)34-3)25(31)28-12-10-27(11-13-28)24(30)9-5-17-4-7-20(21(14-17)33-2)35-16-23(26)29/h4-9,14-15H,10-13,16H2,1-3H3,(H2,26,29)/b9-5+. The molecule has 10 heteroatoms. The van der Waals surface area contributed by atoms with Gasteiger partial charge < -0.3 is 34.5 Å². The van der Waals surface area contributed by atoms with Crippen molar-refractivity contribution in [2.24, 2.45) is 5.73 Å². The molecule has 3 amide bonds. The number of amides is 3. The topological polar surface area (TPSA) is 121 Å². The van der Waals surface area contributed by atoms with Crippen molar-refractivity contribution < 1.29 is 33.3 Å². The van der Waals surface area contributed by atoms with Gasteiger partial charge in [0, 0.05) is 37.8 Å². The van der Waals surface area contributed by atoms with Crippen LogP contribution < -0.4 is 24.7 Å². The highest BCUT2D eigenvalue weighted by Gasteiger charge is 2.24. The minimum atomic E-state index is -0.591. The van der Waals surface area contributed by atoms with E-state index in [1.807, 2.05) is 0 Å². The second kappa shape index (κ2) is 11.8. The van der Waals surface area contributed by atoms with Crippen molar-refractivity contribution >= 4 is 23.8 Å². The zero-order valence-corrected chi connectivity index (χ0v) is 20.0. The van der Waals surface area contributed by atoms with Gasteiger partial charge in [-0.1, -0.05) is 6.07 Å². The summed E-state index contributed by atoms with van der Waals surface area (Å²) in [5, 5.41) is 0. The summed E-state index contributed by atoms with van der Waals surface area (Å²) in [4.78, 5) is 39.9. The van der Waals surface area contributed by atoms with Crippen LogP contribution >= 0.6 is 0 Å². The third-order valence-electron chi connectivity index (χ3n) is 5.49. The van der Waals surface area contributed by atoms with Gasteiger partial charge in [0.2, 0.25) is 5.91 Å². The number of hydrogen-bond acceptors (Lipinski definition) is 7. The lowest BCUT2D eigenvalue weighted by atomic mass is 10.1. The van der Waals surface area contributed by atoms with Gasteiger partial charge in [-0.15, -0.1) is 0 Å². The second-order valence-electron chi connectivity index (χ2n) is 7.69. The molecule has 0 radical (unpaired) electrons. The maximum absolute atomic E-state index is 12.9. The molecule has 2 N–H and O–H groups in total. The van der Waals surface area contributed by atoms with Crippen LogP contribution in [0.4, 0.5) is 0 Å². The van der Waals surface area contributed by atoms with Gasteiger partial charge >= 0.3 is 0 Å². The molecule has 1 fully saturated rings. The number of methoxy groups -OCH3 is 3. The van der Waals surface area contributed by atoms with Crippen LogP contribution in [0.3, 0.4) is 0 Å². The van der Waals surface area contributed by atoms with Gasteiger partial charge in [-0.2, -0.15) is 0 Å². The minimum Gasteiger partial charge on any atom is -0.493 e. The van der Waals surface area contributed by atoms with Crippen molar-refractivity contribution in [3.63, 3.8) is 0 Å². The molecular weight excluding hydrogens is 454 g/mol. The predicted octanol–water partition coefficient (Wildman–Crippen LogP) is 1.57. The van der Waals surface area contributed by atoms with Crippen LogP contribution in [0.2, 0.25) is 0 Å². The van der Waals surface area contributed by atoms with Crippen molar-refractivity contribution in [3.8, 4) is 23.0 Å². The number of piperazine rings is 1. The molecule has 1 aliphatic heterocycles. The first kappa shape index (κ1) is 25.4. The van der Waals surface area contributed by atoms with Crippen LogP contribution in [0, 0.1) is 0 Å². The highest BCUT2D eigenvalue weighted by atomic mass is 16.5. The third kappa shape index (κ3) is 6.44. The van der Waals surface area contributed by atoms with Gasteiger partial charge in [0.25, 0.3) is 11.8 Å². The van der Waals surface area contributed by atoms with E-state index < -0.39 is 5.91 Å². The Morgan fingerprint density at radius 3 is 2.06 bits per heavy atom. The summed E-state index contributed by atoms with van der Waals surface area (Å²) in [5.41, 5.74) is 6.33. The molecule has 0 saturated carbocycles. The molecule has 10 nitrogen and oxygen atoms in total. The first-order valence-electron chi connectivity index (χ1n) is 10.9. The molecule has 0 atom stereocenters. The second-order valence-corrected chi connectivity index (χ2v) is 7.69. The number of carbonyl (C=O) groups excluding carboxylic acids is 3. The van der Waals surface area contributed by atoms with Gasteiger partial charge in [0.1, 0.15) is 0 Å². The summed E-state index contributed by atoms with van der Waals surface area (Å²) in [6.45, 7) is 1.43. The van der Waals surface area contributed by atoms with Crippen LogP contribution in [0.25, 0.3) is 6.08 Å². The largest absolute Gasteiger partial charge is 0.493 e. The molecule has 0 spiro atoms. The summed E-state index contributed by atoms with van der Waals surface area (Å²) in [7, 11) is 4.54. The van der Waals surface area contributed by atoms with Gasteiger partial charge in [0.15, 0.2) is 29.6 Å². The first-order chi connectivity index (χ1) is 16.9. The Bertz CT molecular complexity index is 1110. The van der Waals surface area contributed by atoms with Gasteiger partial charge in [-0.25, -0.2) is 0 Å². The molecule has 1 heterocycles. The molecule has 0 bridgehead atoms. The Kier molecular flexibility index (Phi) is 8.55. The van der Waals surface area contributed by atoms with E-state index in [9.17, 15) is 14.4 Å². The number of nitrogens with two attached hydrogens (primary N) is 1. The van der Waals surface area contributed by atoms with Crippen LogP contribution in [0.15, 0.2) is 42.5 Å². The molecule has 0 aliphatic carbocycles. The number of rotatable bonds is 9. The normalized spacial score (nSPS) is 13.5. The molecule has 2 aromatic carbocycles. The number of benzene rings is 2. The maximum Gasteiger partial charge on any atom is 0.255 e. The van der Waals surface area contributed by atoms with Crippen LogP contribution in [0.1, 0.15) is 15.9 Å². The summed E-state index contributed by atoms with van der Waals surface area (Å²) in [6.07, 6.45) is 3.15. The zero-order chi connectivity index (χ0) is 25.4. The molecule has 2 aromatic rings. The van der Waals surface area contributed by atoms with Crippen molar-refractivity contribution in [2.75, 3.05) is 54.1 Å². The van der Waals surface area contributed by atoms with E-state index >= 15 is 0 Å². The summed E-state index contributed by atoms with van der Waals surface area (Å²) >= 11 is 0. The van der Waals surface area contributed by atoms with Gasteiger partial charge in [-0.05, 0) is 42.0 Å². The summed E-state index contributed by atoms with van der Waals surface area (Å²) in [6, 6.07) is 10.1. The van der Waals surface area contributed by atoms with Crippen molar-refractivity contribution in [2.45, 2.75) is 0 Å². The molecule has 1 aliphatic rings. The van der Waals surface area contributed by atoms with E-state index in [1.165, 1.54) is 27.4 Å². The Morgan fingerprint density at radius 1 is 0.829 bits per heavy atom. The quantitative estimate of drug-likeness (QED) is 0.538. The van der Waals surface area contributed by atoms with Gasteiger partial charge in [0.05, 0.1) is 21.3 Å². The molecule has 186 valence electrons. The fraction of sp³-hybridized carbons (Fsp3) is 0.320. The number of nitrogens with zero attached hydrogens (tertiary/aromatic N) is 2. The van der Waals surface area contributed by atoms with E-state index in [2.05, 4.69) is 0 Å². The fourth-order valence-corrected chi connectivity index (χ4v) is 3.61. The average molecular weight is 484 g/mol. The van der Waals surface area contributed by atoms with E-state index in [0.29, 0.717) is 54.7 Å². The Labute approximate surface area is 203 Å². The van der Waals surface area contributed by atoms with E-state index in [1.54, 1.807) is 52.3 Å². The number of hydrogen-bond donors (Lipinski definition) is 1. The zero-order valence-electron chi connectivity index (χ0n) is 20.0. The monoisotopic (exact) mass is 483 g/mol. The molecule has 0 unspecified atom stereocenters.